The normalized spacial score (nSPS) is 11.3. The number of carbonyl (C=O) groups is 1. The highest BCUT2D eigenvalue weighted by molar-refractivity contribution is 7.22. The van der Waals surface area contributed by atoms with Crippen LogP contribution in [0.15, 0.2) is 22.7 Å². The van der Waals surface area contributed by atoms with Crippen LogP contribution in [0.2, 0.25) is 5.02 Å². The Kier molecular flexibility index (Phi) is 5.11. The molecule has 8 heteroatoms. The summed E-state index contributed by atoms with van der Waals surface area (Å²) in [5.74, 6) is 1.42. The number of aryl methyl sites for hydroxylation is 1. The number of rotatable bonds is 6. The lowest BCUT2D eigenvalue weighted by molar-refractivity contribution is -0.116. The first kappa shape index (κ1) is 16.9. The molecule has 24 heavy (non-hydrogen) atoms. The van der Waals surface area contributed by atoms with Crippen LogP contribution in [-0.4, -0.2) is 21.0 Å². The predicted molar refractivity (Wildman–Crippen MR) is 94.6 cm³/mol. The van der Waals surface area contributed by atoms with Crippen LogP contribution in [0.1, 0.15) is 44.3 Å². The molecule has 1 aromatic carbocycles. The van der Waals surface area contributed by atoms with Crippen LogP contribution < -0.4 is 5.32 Å². The monoisotopic (exact) mass is 364 g/mol. The zero-order valence-electron chi connectivity index (χ0n) is 13.4. The molecule has 0 aliphatic heterocycles. The molecule has 0 spiro atoms. The van der Waals surface area contributed by atoms with Crippen LogP contribution >= 0.6 is 22.9 Å². The van der Waals surface area contributed by atoms with Crippen molar-refractivity contribution in [1.29, 1.82) is 0 Å². The molecule has 1 N–H and O–H groups in total. The van der Waals surface area contributed by atoms with Crippen LogP contribution in [0.25, 0.3) is 10.2 Å². The van der Waals surface area contributed by atoms with Gasteiger partial charge in [-0.1, -0.05) is 41.9 Å². The summed E-state index contributed by atoms with van der Waals surface area (Å²) in [7, 11) is 0. The number of benzene rings is 1. The quantitative estimate of drug-likeness (QED) is 0.700. The third-order valence-corrected chi connectivity index (χ3v) is 4.56. The van der Waals surface area contributed by atoms with Crippen molar-refractivity contribution in [1.82, 2.24) is 15.1 Å². The Balaban J connectivity index is 1.51. The van der Waals surface area contributed by atoms with E-state index in [4.69, 9.17) is 16.1 Å². The lowest BCUT2D eigenvalue weighted by Gasteiger charge is -1.99. The number of fused-ring (bicyclic) bond motifs is 1. The fourth-order valence-corrected chi connectivity index (χ4v) is 3.30. The molecule has 3 aromatic rings. The third-order valence-electron chi connectivity index (χ3n) is 3.39. The molecule has 126 valence electrons. The molecule has 2 aromatic heterocycles. The second-order valence-corrected chi connectivity index (χ2v) is 7.20. The van der Waals surface area contributed by atoms with Gasteiger partial charge < -0.3 is 9.84 Å². The van der Waals surface area contributed by atoms with Gasteiger partial charge in [-0.3, -0.25) is 4.79 Å². The van der Waals surface area contributed by atoms with Crippen molar-refractivity contribution in [2.45, 2.75) is 39.0 Å². The summed E-state index contributed by atoms with van der Waals surface area (Å²) < 4.78 is 6.11. The van der Waals surface area contributed by atoms with Crippen molar-refractivity contribution in [3.8, 4) is 0 Å². The Morgan fingerprint density at radius 3 is 2.96 bits per heavy atom. The van der Waals surface area contributed by atoms with Gasteiger partial charge in [0.05, 0.1) is 10.2 Å². The van der Waals surface area contributed by atoms with Gasteiger partial charge in [0.15, 0.2) is 11.0 Å². The first-order valence-corrected chi connectivity index (χ1v) is 8.89. The maximum Gasteiger partial charge on any atom is 0.226 e. The van der Waals surface area contributed by atoms with Crippen molar-refractivity contribution < 1.29 is 9.32 Å². The molecular weight excluding hydrogens is 348 g/mol. The van der Waals surface area contributed by atoms with Crippen molar-refractivity contribution in [2.75, 3.05) is 5.32 Å². The van der Waals surface area contributed by atoms with E-state index in [9.17, 15) is 4.79 Å². The van der Waals surface area contributed by atoms with E-state index in [-0.39, 0.29) is 11.8 Å². The zero-order valence-corrected chi connectivity index (χ0v) is 14.9. The summed E-state index contributed by atoms with van der Waals surface area (Å²) in [6, 6.07) is 5.46. The van der Waals surface area contributed by atoms with Crippen LogP contribution in [0, 0.1) is 0 Å². The minimum atomic E-state index is -0.0799. The molecule has 0 radical (unpaired) electrons. The maximum atomic E-state index is 12.0. The van der Waals surface area contributed by atoms with E-state index in [2.05, 4.69) is 20.4 Å². The number of aromatic nitrogens is 3. The van der Waals surface area contributed by atoms with Gasteiger partial charge in [0.1, 0.15) is 0 Å². The molecule has 0 bridgehead atoms. The van der Waals surface area contributed by atoms with E-state index in [1.807, 2.05) is 26.0 Å². The van der Waals surface area contributed by atoms with Gasteiger partial charge in [-0.25, -0.2) is 4.98 Å². The molecule has 0 aliphatic carbocycles. The van der Waals surface area contributed by atoms with Crippen molar-refractivity contribution in [2.24, 2.45) is 0 Å². The van der Waals surface area contributed by atoms with Crippen molar-refractivity contribution in [3.63, 3.8) is 0 Å². The first-order chi connectivity index (χ1) is 11.5. The lowest BCUT2D eigenvalue weighted by atomic mass is 10.2. The van der Waals surface area contributed by atoms with Gasteiger partial charge in [-0.05, 0) is 24.6 Å². The van der Waals surface area contributed by atoms with Gasteiger partial charge >= 0.3 is 0 Å². The number of anilines is 1. The molecule has 6 nitrogen and oxygen atoms in total. The van der Waals surface area contributed by atoms with Gasteiger partial charge in [-0.15, -0.1) is 0 Å². The van der Waals surface area contributed by atoms with E-state index in [1.54, 1.807) is 6.07 Å². The van der Waals surface area contributed by atoms with E-state index < -0.39 is 0 Å². The molecule has 0 unspecified atom stereocenters. The summed E-state index contributed by atoms with van der Waals surface area (Å²) in [5, 5.41) is 7.96. The number of thiazole rings is 1. The average molecular weight is 365 g/mol. The first-order valence-electron chi connectivity index (χ1n) is 7.69. The maximum absolute atomic E-state index is 12.0. The molecule has 0 fully saturated rings. The van der Waals surface area contributed by atoms with E-state index >= 15 is 0 Å². The molecule has 0 saturated carbocycles. The lowest BCUT2D eigenvalue weighted by Crippen LogP contribution is -2.11. The Labute approximate surface area is 148 Å². The van der Waals surface area contributed by atoms with Crippen LogP contribution in [0.4, 0.5) is 5.13 Å². The Hall–Kier alpha value is -1.99. The van der Waals surface area contributed by atoms with Crippen LogP contribution in [-0.2, 0) is 11.2 Å². The van der Waals surface area contributed by atoms with Gasteiger partial charge in [0, 0.05) is 23.8 Å². The van der Waals surface area contributed by atoms with E-state index in [1.165, 1.54) is 11.3 Å². The fourth-order valence-electron chi connectivity index (χ4n) is 2.14. The minimum absolute atomic E-state index is 0.0799. The fraction of sp³-hybridized carbons (Fsp3) is 0.375. The SMILES string of the molecule is CC(C)c1noc(CCCC(=O)Nc2nc3ccc(Cl)cc3s2)n1. The Morgan fingerprint density at radius 1 is 1.38 bits per heavy atom. The Morgan fingerprint density at radius 2 is 2.21 bits per heavy atom. The van der Waals surface area contributed by atoms with Crippen LogP contribution in [0.5, 0.6) is 0 Å². The minimum Gasteiger partial charge on any atom is -0.339 e. The average Bonchev–Trinajstić information content (AvgIpc) is 3.13. The molecule has 3 rings (SSSR count). The summed E-state index contributed by atoms with van der Waals surface area (Å²) in [4.78, 5) is 20.7. The highest BCUT2D eigenvalue weighted by atomic mass is 35.5. The number of halogens is 1. The molecular formula is C16H17ClN4O2S. The number of hydrogen-bond donors (Lipinski definition) is 1. The topological polar surface area (TPSA) is 80.9 Å². The molecule has 0 saturated heterocycles. The molecule has 2 heterocycles. The third kappa shape index (κ3) is 4.10. The smallest absolute Gasteiger partial charge is 0.226 e. The second kappa shape index (κ2) is 7.27. The zero-order chi connectivity index (χ0) is 17.1. The molecule has 0 aliphatic rings. The van der Waals surface area contributed by atoms with Crippen LogP contribution in [0.3, 0.4) is 0 Å². The summed E-state index contributed by atoms with van der Waals surface area (Å²) in [6.45, 7) is 4.01. The second-order valence-electron chi connectivity index (χ2n) is 5.73. The predicted octanol–water partition coefficient (Wildman–Crippen LogP) is 4.42. The largest absolute Gasteiger partial charge is 0.339 e. The number of hydrogen-bond acceptors (Lipinski definition) is 6. The summed E-state index contributed by atoms with van der Waals surface area (Å²) in [5.41, 5.74) is 0.826. The van der Waals surface area contributed by atoms with E-state index in [0.29, 0.717) is 41.1 Å². The van der Waals surface area contributed by atoms with Gasteiger partial charge in [-0.2, -0.15) is 4.98 Å². The van der Waals surface area contributed by atoms with Gasteiger partial charge in [0.25, 0.3) is 0 Å². The van der Waals surface area contributed by atoms with E-state index in [0.717, 1.165) is 10.2 Å². The number of nitrogens with zero attached hydrogens (tertiary/aromatic N) is 3. The molecule has 1 amide bonds. The van der Waals surface area contributed by atoms with Crippen molar-refractivity contribution >= 4 is 44.2 Å². The number of nitrogens with one attached hydrogen (secondary N) is 1. The molecule has 0 atom stereocenters. The summed E-state index contributed by atoms with van der Waals surface area (Å²) >= 11 is 7.36. The number of carbonyl (C=O) groups excluding carboxylic acids is 1. The highest BCUT2D eigenvalue weighted by Crippen LogP contribution is 2.28. The summed E-state index contributed by atoms with van der Waals surface area (Å²) in [6.07, 6.45) is 1.60. The van der Waals surface area contributed by atoms with Crippen molar-refractivity contribution in [3.05, 3.63) is 34.9 Å². The Bertz CT molecular complexity index is 859. The number of amides is 1. The highest BCUT2D eigenvalue weighted by Gasteiger charge is 2.11. The van der Waals surface area contributed by atoms with Gasteiger partial charge in [0.2, 0.25) is 11.8 Å². The standard InChI is InChI=1S/C16H17ClN4O2S/c1-9(2)15-20-14(23-21-15)5-3-4-13(22)19-16-18-11-7-6-10(17)8-12(11)24-16/h6-9H,3-5H2,1-2H3,(H,18,19,22).